The van der Waals surface area contributed by atoms with Crippen LogP contribution in [0.15, 0.2) is 18.3 Å². The molecule has 0 saturated carbocycles. The predicted octanol–water partition coefficient (Wildman–Crippen LogP) is 1.41. The summed E-state index contributed by atoms with van der Waals surface area (Å²) < 4.78 is 10.1. The largest absolute Gasteiger partial charge is 0.478 e. The van der Waals surface area contributed by atoms with E-state index >= 15 is 0 Å². The van der Waals surface area contributed by atoms with Gasteiger partial charge in [0.1, 0.15) is 0 Å². The Hall–Kier alpha value is -1.40. The topological polar surface area (TPSA) is 55.4 Å². The third-order valence-electron chi connectivity index (χ3n) is 1.88. The number of rotatable bonds is 6. The van der Waals surface area contributed by atoms with Crippen molar-refractivity contribution in [2.24, 2.45) is 0 Å². The predicted molar refractivity (Wildman–Crippen MR) is 71.5 cm³/mol. The number of nitrogens with zero attached hydrogens (tertiary/aromatic N) is 1. The van der Waals surface area contributed by atoms with Crippen LogP contribution in [-0.4, -0.2) is 37.0 Å². The van der Waals surface area contributed by atoms with Gasteiger partial charge < -0.3 is 20.1 Å². The quantitative estimate of drug-likeness (QED) is 0.592. The number of thiocarbonyl (C=S) groups is 1. The molecule has 0 amide bonds. The molecule has 0 aliphatic carbocycles. The first-order valence-corrected chi connectivity index (χ1v) is 5.79. The molecule has 0 aliphatic heterocycles. The minimum absolute atomic E-state index is 0.549. The lowest BCUT2D eigenvalue weighted by Gasteiger charge is -2.10. The van der Waals surface area contributed by atoms with Gasteiger partial charge in [-0.2, -0.15) is 0 Å². The Labute approximate surface area is 107 Å². The van der Waals surface area contributed by atoms with Crippen LogP contribution in [0.1, 0.15) is 6.92 Å². The fourth-order valence-electron chi connectivity index (χ4n) is 1.13. The van der Waals surface area contributed by atoms with Gasteiger partial charge in [0.15, 0.2) is 5.11 Å². The summed E-state index contributed by atoms with van der Waals surface area (Å²) in [5.41, 5.74) is 0.823. The molecule has 94 valence electrons. The first kappa shape index (κ1) is 13.7. The lowest BCUT2D eigenvalue weighted by molar-refractivity contribution is 0.204. The maximum Gasteiger partial charge on any atom is 0.213 e. The van der Waals surface area contributed by atoms with Crippen LogP contribution in [0.3, 0.4) is 0 Å². The molecular weight excluding hydrogens is 238 g/mol. The van der Waals surface area contributed by atoms with Crippen LogP contribution in [0.25, 0.3) is 0 Å². The Bertz CT molecular complexity index is 343. The summed E-state index contributed by atoms with van der Waals surface area (Å²) in [5.74, 6) is 0.608. The highest BCUT2D eigenvalue weighted by Gasteiger charge is 1.98. The highest BCUT2D eigenvalue weighted by Crippen LogP contribution is 2.11. The molecule has 0 radical (unpaired) electrons. The molecule has 1 rings (SSSR count). The average molecular weight is 255 g/mol. The maximum atomic E-state index is 5.24. The third-order valence-corrected chi connectivity index (χ3v) is 2.12. The number of ether oxygens (including phenoxy) is 2. The summed E-state index contributed by atoms with van der Waals surface area (Å²) in [7, 11) is 1.65. The van der Waals surface area contributed by atoms with Gasteiger partial charge in [0.25, 0.3) is 0 Å². The Morgan fingerprint density at radius 3 is 2.88 bits per heavy atom. The Balaban J connectivity index is 2.37. The molecule has 0 aliphatic rings. The molecule has 1 heterocycles. The van der Waals surface area contributed by atoms with Crippen LogP contribution in [0.2, 0.25) is 0 Å². The van der Waals surface area contributed by atoms with Crippen molar-refractivity contribution >= 4 is 23.0 Å². The minimum Gasteiger partial charge on any atom is -0.478 e. The van der Waals surface area contributed by atoms with Gasteiger partial charge in [0.05, 0.1) is 25.1 Å². The van der Waals surface area contributed by atoms with Crippen molar-refractivity contribution in [2.45, 2.75) is 6.92 Å². The van der Waals surface area contributed by atoms with Gasteiger partial charge >= 0.3 is 0 Å². The van der Waals surface area contributed by atoms with Gasteiger partial charge in [-0.3, -0.25) is 0 Å². The summed E-state index contributed by atoms with van der Waals surface area (Å²) in [6.45, 7) is 3.82. The Morgan fingerprint density at radius 2 is 2.29 bits per heavy atom. The molecule has 1 aromatic rings. The molecule has 0 aromatic carbocycles. The van der Waals surface area contributed by atoms with Crippen molar-refractivity contribution in [3.8, 4) is 5.88 Å². The van der Waals surface area contributed by atoms with E-state index in [0.717, 1.165) is 5.69 Å². The molecule has 17 heavy (non-hydrogen) atoms. The standard InChI is InChI=1S/C11H17N3O2S/c1-3-16-10-5-4-9(8-13-10)14-11(17)12-6-7-15-2/h4-5,8H,3,6-7H2,1-2H3,(H2,12,14,17). The first-order chi connectivity index (χ1) is 8.26. The van der Waals surface area contributed by atoms with Crippen molar-refractivity contribution in [3.63, 3.8) is 0 Å². The molecular formula is C11H17N3O2S. The number of aromatic nitrogens is 1. The minimum atomic E-state index is 0.549. The van der Waals surface area contributed by atoms with E-state index in [1.54, 1.807) is 19.4 Å². The van der Waals surface area contributed by atoms with E-state index in [0.29, 0.717) is 30.8 Å². The second-order valence-electron chi connectivity index (χ2n) is 3.19. The van der Waals surface area contributed by atoms with E-state index in [2.05, 4.69) is 15.6 Å². The third kappa shape index (κ3) is 5.46. The molecule has 6 heteroatoms. The monoisotopic (exact) mass is 255 g/mol. The zero-order chi connectivity index (χ0) is 12.5. The van der Waals surface area contributed by atoms with E-state index in [4.69, 9.17) is 21.7 Å². The van der Waals surface area contributed by atoms with Crippen LogP contribution < -0.4 is 15.4 Å². The molecule has 0 unspecified atom stereocenters. The van der Waals surface area contributed by atoms with E-state index in [-0.39, 0.29) is 0 Å². The molecule has 1 aromatic heterocycles. The highest BCUT2D eigenvalue weighted by atomic mass is 32.1. The second-order valence-corrected chi connectivity index (χ2v) is 3.60. The van der Waals surface area contributed by atoms with Crippen LogP contribution in [0.4, 0.5) is 5.69 Å². The zero-order valence-corrected chi connectivity index (χ0v) is 10.8. The number of hydrogen-bond donors (Lipinski definition) is 2. The highest BCUT2D eigenvalue weighted by molar-refractivity contribution is 7.80. The van der Waals surface area contributed by atoms with E-state index < -0.39 is 0 Å². The van der Waals surface area contributed by atoms with Gasteiger partial charge in [-0.15, -0.1) is 0 Å². The molecule has 0 fully saturated rings. The first-order valence-electron chi connectivity index (χ1n) is 5.39. The van der Waals surface area contributed by atoms with Crippen LogP contribution in [-0.2, 0) is 4.74 Å². The molecule has 0 saturated heterocycles. The Morgan fingerprint density at radius 1 is 1.47 bits per heavy atom. The Kier molecular flexibility index (Phi) is 6.27. The fraction of sp³-hybridized carbons (Fsp3) is 0.455. The van der Waals surface area contributed by atoms with Gasteiger partial charge in [-0.1, -0.05) is 0 Å². The fourth-order valence-corrected chi connectivity index (χ4v) is 1.35. The second kappa shape index (κ2) is 7.81. The number of anilines is 1. The van der Waals surface area contributed by atoms with Gasteiger partial charge in [0, 0.05) is 19.7 Å². The molecule has 5 nitrogen and oxygen atoms in total. The van der Waals surface area contributed by atoms with Crippen molar-refractivity contribution in [1.29, 1.82) is 0 Å². The lowest BCUT2D eigenvalue weighted by Crippen LogP contribution is -2.31. The van der Waals surface area contributed by atoms with Crippen LogP contribution in [0, 0.1) is 0 Å². The number of pyridine rings is 1. The van der Waals surface area contributed by atoms with Gasteiger partial charge in [0.2, 0.25) is 5.88 Å². The number of nitrogens with one attached hydrogen (secondary N) is 2. The van der Waals surface area contributed by atoms with Gasteiger partial charge in [-0.25, -0.2) is 4.98 Å². The molecule has 0 atom stereocenters. The van der Waals surface area contributed by atoms with Crippen molar-refractivity contribution < 1.29 is 9.47 Å². The van der Waals surface area contributed by atoms with E-state index in [9.17, 15) is 0 Å². The van der Waals surface area contributed by atoms with Gasteiger partial charge in [-0.05, 0) is 25.2 Å². The SMILES string of the molecule is CCOc1ccc(NC(=S)NCCOC)cn1. The zero-order valence-electron chi connectivity index (χ0n) is 10.0. The van der Waals surface area contributed by atoms with Crippen LogP contribution >= 0.6 is 12.2 Å². The molecule has 2 N–H and O–H groups in total. The summed E-state index contributed by atoms with van der Waals surface area (Å²) in [4.78, 5) is 4.12. The summed E-state index contributed by atoms with van der Waals surface area (Å²) in [5, 5.41) is 6.57. The normalized spacial score (nSPS) is 9.76. The average Bonchev–Trinajstić information content (AvgIpc) is 2.32. The van der Waals surface area contributed by atoms with Crippen LogP contribution in [0.5, 0.6) is 5.88 Å². The van der Waals surface area contributed by atoms with E-state index in [1.807, 2.05) is 13.0 Å². The molecule has 0 spiro atoms. The lowest BCUT2D eigenvalue weighted by atomic mass is 10.4. The number of methoxy groups -OCH3 is 1. The molecule has 0 bridgehead atoms. The maximum absolute atomic E-state index is 5.24. The summed E-state index contributed by atoms with van der Waals surface area (Å²) >= 11 is 5.10. The smallest absolute Gasteiger partial charge is 0.213 e. The summed E-state index contributed by atoms with van der Waals surface area (Å²) in [6.07, 6.45) is 1.68. The summed E-state index contributed by atoms with van der Waals surface area (Å²) in [6, 6.07) is 3.66. The van der Waals surface area contributed by atoms with E-state index in [1.165, 1.54) is 0 Å². The van der Waals surface area contributed by atoms with Crippen molar-refractivity contribution in [3.05, 3.63) is 18.3 Å². The number of hydrogen-bond acceptors (Lipinski definition) is 4. The van der Waals surface area contributed by atoms with Crippen molar-refractivity contribution in [1.82, 2.24) is 10.3 Å². The van der Waals surface area contributed by atoms with Crippen molar-refractivity contribution in [2.75, 3.05) is 32.2 Å².